The summed E-state index contributed by atoms with van der Waals surface area (Å²) in [5.41, 5.74) is 13.0. The topological polar surface area (TPSA) is 229 Å². The number of amides is 7. The van der Waals surface area contributed by atoms with Crippen LogP contribution in [-0.4, -0.2) is 49.9 Å². The molecule has 0 aromatic heterocycles. The van der Waals surface area contributed by atoms with Crippen molar-refractivity contribution in [1.29, 1.82) is 0 Å². The highest BCUT2D eigenvalue weighted by Gasteiger charge is 1.99. The van der Waals surface area contributed by atoms with Crippen LogP contribution in [0.3, 0.4) is 0 Å². The lowest BCUT2D eigenvalue weighted by Gasteiger charge is -2.07. The van der Waals surface area contributed by atoms with Crippen molar-refractivity contribution in [2.45, 2.75) is 14.9 Å². The molecule has 168 valence electrons. The van der Waals surface area contributed by atoms with E-state index in [4.69, 9.17) is 9.59 Å². The summed E-state index contributed by atoms with van der Waals surface area (Å²) in [6.07, 6.45) is 3.23. The zero-order chi connectivity index (χ0) is 22.3. The normalized spacial score (nSPS) is 6.76. The summed E-state index contributed by atoms with van der Waals surface area (Å²) in [7, 11) is 0. The van der Waals surface area contributed by atoms with Crippen LogP contribution in [0.25, 0.3) is 0 Å². The zero-order valence-corrected chi connectivity index (χ0v) is 14.7. The molecule has 0 aromatic carbocycles. The molecule has 0 heterocycles. The van der Waals surface area contributed by atoms with Crippen LogP contribution in [0.4, 0.5) is 9.59 Å². The first kappa shape index (κ1) is 39.8. The first-order valence-electron chi connectivity index (χ1n) is 6.68. The lowest BCUT2D eigenvalue weighted by molar-refractivity contribution is -0.117. The number of hydrogen-bond acceptors (Lipinski definition) is 6. The van der Waals surface area contributed by atoms with Crippen molar-refractivity contribution in [1.82, 2.24) is 21.3 Å². The number of rotatable bonds is 7. The van der Waals surface area contributed by atoms with Crippen molar-refractivity contribution in [3.8, 4) is 0 Å². The Hall–Kier alpha value is -4.16. The molecule has 0 radical (unpaired) electrons. The Morgan fingerprint density at radius 3 is 1.07 bits per heavy atom. The number of primary amides is 3. The van der Waals surface area contributed by atoms with E-state index < -0.39 is 18.0 Å². The Morgan fingerprint density at radius 1 is 0.655 bits per heavy atom. The third-order valence-corrected chi connectivity index (χ3v) is 1.60. The average molecular weight is 419 g/mol. The van der Waals surface area contributed by atoms with Crippen LogP contribution in [-0.2, 0) is 19.2 Å². The number of nitrogens with one attached hydrogen (secondary N) is 4. The van der Waals surface area contributed by atoms with Crippen molar-refractivity contribution in [3.05, 3.63) is 38.0 Å². The van der Waals surface area contributed by atoms with E-state index in [2.05, 4.69) is 58.2 Å². The van der Waals surface area contributed by atoms with E-state index in [1.807, 2.05) is 6.79 Å². The van der Waals surface area contributed by atoms with Gasteiger partial charge in [-0.15, -0.1) is 0 Å². The van der Waals surface area contributed by atoms with Crippen molar-refractivity contribution >= 4 is 36.6 Å². The van der Waals surface area contributed by atoms with E-state index in [1.54, 1.807) is 0 Å². The van der Waals surface area contributed by atoms with Gasteiger partial charge in [0.25, 0.3) is 0 Å². The molecule has 0 aliphatic carbocycles. The van der Waals surface area contributed by atoms with Gasteiger partial charge in [0.2, 0.25) is 17.7 Å². The molecule has 13 heteroatoms. The lowest BCUT2D eigenvalue weighted by atomic mass is 10.6. The molecule has 7 amide bonds. The van der Waals surface area contributed by atoms with E-state index in [0.29, 0.717) is 0 Å². The zero-order valence-electron chi connectivity index (χ0n) is 14.7. The number of urea groups is 2. The van der Waals surface area contributed by atoms with E-state index in [1.165, 1.54) is 0 Å². The van der Waals surface area contributed by atoms with Crippen LogP contribution in [0.1, 0.15) is 14.9 Å². The maximum atomic E-state index is 11.0. The Bertz CT molecular complexity index is 492. The van der Waals surface area contributed by atoms with Gasteiger partial charge >= 0.3 is 12.1 Å². The highest BCUT2D eigenvalue weighted by Crippen LogP contribution is 1.67. The molecule has 0 rings (SSSR count). The molecule has 0 aliphatic heterocycles. The molecule has 0 aromatic rings. The molecule has 0 spiro atoms. The number of carbonyl (C=O) groups excluding carboxylic acids is 6. The van der Waals surface area contributed by atoms with Gasteiger partial charge in [0.1, 0.15) is 6.79 Å². The molecule has 0 bridgehead atoms. The summed E-state index contributed by atoms with van der Waals surface area (Å²) < 4.78 is 0. The van der Waals surface area contributed by atoms with Gasteiger partial charge in [0, 0.05) is 0 Å². The minimum absolute atomic E-state index is 0. The maximum absolute atomic E-state index is 11.0. The minimum Gasteiger partial charge on any atom is -0.366 e. The molecule has 29 heavy (non-hydrogen) atoms. The van der Waals surface area contributed by atoms with Gasteiger partial charge < -0.3 is 43.3 Å². The largest absolute Gasteiger partial charge is 0.366 e. The van der Waals surface area contributed by atoms with Crippen molar-refractivity contribution < 1.29 is 28.8 Å². The van der Waals surface area contributed by atoms with Gasteiger partial charge in [-0.2, -0.15) is 0 Å². The second kappa shape index (κ2) is 31.6. The number of carbonyl (C=O) groups is 6. The van der Waals surface area contributed by atoms with Gasteiger partial charge in [0.05, 0.1) is 13.3 Å². The first-order chi connectivity index (χ1) is 12.6. The standard InChI is InChI=1S/C9H14N4O3.C3H5NO.CH4N2O.CH2O.2CH4/c1-3-7(14)10-5-12-9(16)13-6-11-8(15)4-2;1-2-3(4)5;2-1(3)4;1-2;;/h3-4H,1-2,5-6H2,(H,10,14)(H,11,15)(H2,12,13,16);2H,1H2,(H2,4,5);(H4,2,3,4);1H2;2*1H4. The fourth-order valence-corrected chi connectivity index (χ4v) is 0.630. The molecule has 10 N–H and O–H groups in total. The predicted octanol–water partition coefficient (Wildman–Crippen LogP) is -1.43. The summed E-state index contributed by atoms with van der Waals surface area (Å²) in [5, 5.41) is 9.35. The highest BCUT2D eigenvalue weighted by molar-refractivity contribution is 5.87. The Balaban J connectivity index is -0.0000000850. The molecule has 0 fully saturated rings. The lowest BCUT2D eigenvalue weighted by Crippen LogP contribution is -2.45. The fraction of sp³-hybridized carbons (Fsp3) is 0.250. The quantitative estimate of drug-likeness (QED) is 0.193. The van der Waals surface area contributed by atoms with Crippen LogP contribution in [0.15, 0.2) is 38.0 Å². The van der Waals surface area contributed by atoms with Gasteiger partial charge in [0.15, 0.2) is 0 Å². The van der Waals surface area contributed by atoms with Crippen molar-refractivity contribution in [3.63, 3.8) is 0 Å². The van der Waals surface area contributed by atoms with E-state index in [9.17, 15) is 19.2 Å². The Kier molecular flexibility index (Phi) is 43.3. The molecule has 0 saturated heterocycles. The van der Waals surface area contributed by atoms with E-state index in [-0.39, 0.29) is 40.0 Å². The number of nitrogens with two attached hydrogens (primary N) is 3. The predicted molar refractivity (Wildman–Crippen MR) is 112 cm³/mol. The molecule has 0 saturated carbocycles. The van der Waals surface area contributed by atoms with Gasteiger partial charge in [-0.05, 0) is 18.2 Å². The number of hydrogen-bond donors (Lipinski definition) is 7. The summed E-state index contributed by atoms with van der Waals surface area (Å²) in [6, 6.07) is -1.35. The highest BCUT2D eigenvalue weighted by atomic mass is 16.2. The molecule has 13 nitrogen and oxygen atoms in total. The average Bonchev–Trinajstić information content (AvgIpc) is 2.62. The molecule has 0 unspecified atom stereocenters. The molecule has 0 aliphatic rings. The summed E-state index contributed by atoms with van der Waals surface area (Å²) in [5.74, 6) is -1.26. The molecule has 0 atom stereocenters. The SMILES string of the molecule is C.C.C=CC(=O)NCNC(=O)NCNC(=O)C=C.C=CC(N)=O.C=O.NC(N)=O. The van der Waals surface area contributed by atoms with Crippen LogP contribution in [0.2, 0.25) is 0 Å². The smallest absolute Gasteiger partial charge is 0.317 e. The van der Waals surface area contributed by atoms with Crippen LogP contribution in [0, 0.1) is 0 Å². The molecular formula is C16H33N7O6. The second-order valence-corrected chi connectivity index (χ2v) is 3.54. The summed E-state index contributed by atoms with van der Waals surface area (Å²) in [4.78, 5) is 58.8. The van der Waals surface area contributed by atoms with Gasteiger partial charge in [-0.1, -0.05) is 34.6 Å². The van der Waals surface area contributed by atoms with Crippen LogP contribution < -0.4 is 38.5 Å². The molecular weight excluding hydrogens is 386 g/mol. The first-order valence-corrected chi connectivity index (χ1v) is 6.68. The maximum Gasteiger partial charge on any atom is 0.317 e. The summed E-state index contributed by atoms with van der Waals surface area (Å²) >= 11 is 0. The fourth-order valence-electron chi connectivity index (χ4n) is 0.630. The van der Waals surface area contributed by atoms with E-state index >= 15 is 0 Å². The third-order valence-electron chi connectivity index (χ3n) is 1.60. The van der Waals surface area contributed by atoms with E-state index in [0.717, 1.165) is 18.2 Å². The monoisotopic (exact) mass is 419 g/mol. The Labute approximate surface area is 170 Å². The second-order valence-electron chi connectivity index (χ2n) is 3.54. The van der Waals surface area contributed by atoms with Crippen molar-refractivity contribution in [2.24, 2.45) is 17.2 Å². The van der Waals surface area contributed by atoms with Gasteiger partial charge in [-0.25, -0.2) is 9.59 Å². The van der Waals surface area contributed by atoms with Crippen LogP contribution >= 0.6 is 0 Å². The van der Waals surface area contributed by atoms with Crippen LogP contribution in [0.5, 0.6) is 0 Å². The minimum atomic E-state index is -0.833. The van der Waals surface area contributed by atoms with Crippen molar-refractivity contribution in [2.75, 3.05) is 13.3 Å². The van der Waals surface area contributed by atoms with Gasteiger partial charge in [-0.3, -0.25) is 14.4 Å². The third kappa shape index (κ3) is 59.4. The Morgan fingerprint density at radius 2 is 0.897 bits per heavy atom. The summed E-state index contributed by atoms with van der Waals surface area (Å²) in [6.45, 7) is 11.5.